The van der Waals surface area contributed by atoms with Gasteiger partial charge in [-0.1, -0.05) is 18.2 Å². The number of ether oxygens (including phenoxy) is 2. The lowest BCUT2D eigenvalue weighted by Crippen LogP contribution is -2.33. The van der Waals surface area contributed by atoms with Gasteiger partial charge in [-0.25, -0.2) is 0 Å². The minimum absolute atomic E-state index is 0.0728. The van der Waals surface area contributed by atoms with Gasteiger partial charge in [-0.05, 0) is 11.6 Å². The van der Waals surface area contributed by atoms with Gasteiger partial charge >= 0.3 is 5.97 Å². The van der Waals surface area contributed by atoms with Crippen LogP contribution in [-0.2, 0) is 20.9 Å². The molecule has 18 heavy (non-hydrogen) atoms. The largest absolute Gasteiger partial charge is 0.468 e. The first-order valence-corrected chi connectivity index (χ1v) is 5.49. The molecule has 0 unspecified atom stereocenters. The second-order valence-corrected chi connectivity index (χ2v) is 3.83. The summed E-state index contributed by atoms with van der Waals surface area (Å²) in [7, 11) is 4.42. The molecule has 0 aliphatic carbocycles. The van der Waals surface area contributed by atoms with Crippen LogP contribution >= 0.6 is 0 Å². The number of amides is 1. The van der Waals surface area contributed by atoms with Gasteiger partial charge in [0.15, 0.2) is 0 Å². The highest BCUT2D eigenvalue weighted by Crippen LogP contribution is 2.12. The van der Waals surface area contributed by atoms with Crippen LogP contribution in [0.5, 0.6) is 0 Å². The minimum atomic E-state index is -0.449. The summed E-state index contributed by atoms with van der Waals surface area (Å²) in [6.07, 6.45) is 0. The lowest BCUT2D eigenvalue weighted by Gasteiger charge is -2.17. The van der Waals surface area contributed by atoms with Crippen molar-refractivity contribution >= 4 is 11.9 Å². The number of benzene rings is 1. The SMILES string of the molecule is COCc1ccccc1C(=O)N(C)CC(=O)OC. The maximum absolute atomic E-state index is 12.2. The number of carbonyl (C=O) groups excluding carboxylic acids is 2. The molecule has 0 saturated carbocycles. The third kappa shape index (κ3) is 3.56. The summed E-state index contributed by atoms with van der Waals surface area (Å²) in [5, 5.41) is 0. The van der Waals surface area contributed by atoms with Crippen LogP contribution < -0.4 is 0 Å². The van der Waals surface area contributed by atoms with Crippen LogP contribution in [-0.4, -0.2) is 44.6 Å². The van der Waals surface area contributed by atoms with Crippen molar-refractivity contribution < 1.29 is 19.1 Å². The Morgan fingerprint density at radius 2 is 1.89 bits per heavy atom. The molecule has 0 aliphatic rings. The Balaban J connectivity index is 2.86. The van der Waals surface area contributed by atoms with Crippen molar-refractivity contribution in [2.24, 2.45) is 0 Å². The number of methoxy groups -OCH3 is 2. The predicted molar refractivity (Wildman–Crippen MR) is 66.1 cm³/mol. The Morgan fingerprint density at radius 1 is 1.22 bits per heavy atom. The van der Waals surface area contributed by atoms with Crippen molar-refractivity contribution in [2.45, 2.75) is 6.61 Å². The molecule has 5 nitrogen and oxygen atoms in total. The Bertz CT molecular complexity index is 431. The van der Waals surface area contributed by atoms with Crippen molar-refractivity contribution in [3.63, 3.8) is 0 Å². The molecule has 5 heteroatoms. The van der Waals surface area contributed by atoms with Crippen molar-refractivity contribution in [3.05, 3.63) is 35.4 Å². The fourth-order valence-corrected chi connectivity index (χ4v) is 1.55. The first-order chi connectivity index (χ1) is 8.60. The molecule has 0 radical (unpaired) electrons. The lowest BCUT2D eigenvalue weighted by atomic mass is 10.1. The van der Waals surface area contributed by atoms with Gasteiger partial charge in [0.25, 0.3) is 5.91 Å². The van der Waals surface area contributed by atoms with E-state index >= 15 is 0 Å². The van der Waals surface area contributed by atoms with Crippen molar-refractivity contribution in [1.29, 1.82) is 0 Å². The molecule has 0 heterocycles. The summed E-state index contributed by atoms with van der Waals surface area (Å²) in [4.78, 5) is 24.6. The van der Waals surface area contributed by atoms with E-state index < -0.39 is 5.97 Å². The fraction of sp³-hybridized carbons (Fsp3) is 0.385. The fourth-order valence-electron chi connectivity index (χ4n) is 1.55. The highest BCUT2D eigenvalue weighted by molar-refractivity contribution is 5.97. The molecule has 0 aromatic heterocycles. The molecule has 0 spiro atoms. The van der Waals surface area contributed by atoms with Gasteiger partial charge in [-0.3, -0.25) is 9.59 Å². The van der Waals surface area contributed by atoms with Gasteiger partial charge in [0, 0.05) is 19.7 Å². The minimum Gasteiger partial charge on any atom is -0.468 e. The molecule has 1 aromatic rings. The molecule has 0 fully saturated rings. The monoisotopic (exact) mass is 251 g/mol. The zero-order valence-electron chi connectivity index (χ0n) is 10.8. The Hall–Kier alpha value is -1.88. The average molecular weight is 251 g/mol. The summed E-state index contributed by atoms with van der Waals surface area (Å²) in [6.45, 7) is 0.282. The summed E-state index contributed by atoms with van der Waals surface area (Å²) >= 11 is 0. The van der Waals surface area contributed by atoms with E-state index in [1.807, 2.05) is 12.1 Å². The molecule has 0 bridgehead atoms. The third-order valence-electron chi connectivity index (χ3n) is 2.49. The lowest BCUT2D eigenvalue weighted by molar-refractivity contribution is -0.141. The highest BCUT2D eigenvalue weighted by Gasteiger charge is 2.17. The van der Waals surface area contributed by atoms with Gasteiger partial charge in [0.1, 0.15) is 6.54 Å². The molecule has 98 valence electrons. The molecule has 1 rings (SSSR count). The number of likely N-dealkylation sites (N-methyl/N-ethyl adjacent to an activating group) is 1. The normalized spacial score (nSPS) is 9.94. The number of esters is 1. The molecule has 1 aromatic carbocycles. The number of hydrogen-bond acceptors (Lipinski definition) is 4. The van der Waals surface area contributed by atoms with Crippen LogP contribution in [0.15, 0.2) is 24.3 Å². The Kier molecular flexibility index (Phi) is 5.32. The third-order valence-corrected chi connectivity index (χ3v) is 2.49. The van der Waals surface area contributed by atoms with Gasteiger partial charge in [-0.2, -0.15) is 0 Å². The van der Waals surface area contributed by atoms with Crippen LogP contribution in [0.4, 0.5) is 0 Å². The zero-order chi connectivity index (χ0) is 13.5. The molecular formula is C13H17NO4. The van der Waals surface area contributed by atoms with E-state index in [4.69, 9.17) is 4.74 Å². The van der Waals surface area contributed by atoms with Gasteiger partial charge in [-0.15, -0.1) is 0 Å². The number of carbonyl (C=O) groups is 2. The van der Waals surface area contributed by atoms with Crippen molar-refractivity contribution in [2.75, 3.05) is 27.8 Å². The zero-order valence-corrected chi connectivity index (χ0v) is 10.8. The van der Waals surface area contributed by atoms with Gasteiger partial charge < -0.3 is 14.4 Å². The highest BCUT2D eigenvalue weighted by atomic mass is 16.5. The Morgan fingerprint density at radius 3 is 2.50 bits per heavy atom. The number of rotatable bonds is 5. The van der Waals surface area contributed by atoms with E-state index in [2.05, 4.69) is 4.74 Å². The van der Waals surface area contributed by atoms with E-state index in [-0.39, 0.29) is 12.5 Å². The second-order valence-electron chi connectivity index (χ2n) is 3.83. The van der Waals surface area contributed by atoms with Crippen LogP contribution in [0.3, 0.4) is 0 Å². The molecule has 0 atom stereocenters. The van der Waals surface area contributed by atoms with Crippen LogP contribution in [0.2, 0.25) is 0 Å². The second kappa shape index (κ2) is 6.76. The summed E-state index contributed by atoms with van der Waals surface area (Å²) in [5.74, 6) is -0.678. The van der Waals surface area contributed by atoms with Crippen LogP contribution in [0, 0.1) is 0 Å². The summed E-state index contributed by atoms with van der Waals surface area (Å²) in [5.41, 5.74) is 1.33. The first-order valence-electron chi connectivity index (χ1n) is 5.49. The average Bonchev–Trinajstić information content (AvgIpc) is 2.38. The van der Waals surface area contributed by atoms with Crippen LogP contribution in [0.1, 0.15) is 15.9 Å². The smallest absolute Gasteiger partial charge is 0.325 e. The number of hydrogen-bond donors (Lipinski definition) is 0. The summed E-state index contributed by atoms with van der Waals surface area (Å²) in [6, 6.07) is 7.15. The Labute approximate surface area is 106 Å². The van der Waals surface area contributed by atoms with Crippen molar-refractivity contribution in [1.82, 2.24) is 4.90 Å². The standard InChI is InChI=1S/C13H17NO4/c1-14(8-12(15)18-3)13(16)11-7-5-4-6-10(11)9-17-2/h4-7H,8-9H2,1-3H3. The summed E-state index contributed by atoms with van der Waals surface area (Å²) < 4.78 is 9.57. The van der Waals surface area contributed by atoms with E-state index in [1.165, 1.54) is 12.0 Å². The molecule has 0 aliphatic heterocycles. The molecule has 0 saturated heterocycles. The van der Waals surface area contributed by atoms with Gasteiger partial charge in [0.05, 0.1) is 13.7 Å². The maximum Gasteiger partial charge on any atom is 0.325 e. The molecular weight excluding hydrogens is 234 g/mol. The molecule has 1 amide bonds. The van der Waals surface area contributed by atoms with Crippen LogP contribution in [0.25, 0.3) is 0 Å². The first kappa shape index (κ1) is 14.2. The topological polar surface area (TPSA) is 55.8 Å². The van der Waals surface area contributed by atoms with E-state index in [1.54, 1.807) is 26.3 Å². The van der Waals surface area contributed by atoms with E-state index in [9.17, 15) is 9.59 Å². The van der Waals surface area contributed by atoms with E-state index in [0.29, 0.717) is 12.2 Å². The van der Waals surface area contributed by atoms with Crippen molar-refractivity contribution in [3.8, 4) is 0 Å². The maximum atomic E-state index is 12.2. The predicted octanol–water partition coefficient (Wildman–Crippen LogP) is 1.08. The quantitative estimate of drug-likeness (QED) is 0.735. The van der Waals surface area contributed by atoms with Gasteiger partial charge in [0.2, 0.25) is 0 Å². The number of nitrogens with zero attached hydrogens (tertiary/aromatic N) is 1. The molecule has 0 N–H and O–H groups in total. The van der Waals surface area contributed by atoms with E-state index in [0.717, 1.165) is 5.56 Å².